The molecule has 1 aliphatic rings. The van der Waals surface area contributed by atoms with Crippen molar-refractivity contribution in [2.45, 2.75) is 52.5 Å². The van der Waals surface area contributed by atoms with Crippen molar-refractivity contribution in [2.24, 2.45) is 0 Å². The molecule has 0 fully saturated rings. The third-order valence-corrected chi connectivity index (χ3v) is 4.83. The highest BCUT2D eigenvalue weighted by Crippen LogP contribution is 2.29. The van der Waals surface area contributed by atoms with Crippen molar-refractivity contribution in [3.05, 3.63) is 35.4 Å². The van der Waals surface area contributed by atoms with E-state index in [0.717, 1.165) is 25.7 Å². The molecule has 0 radical (unpaired) electrons. The van der Waals surface area contributed by atoms with Crippen LogP contribution in [0.15, 0.2) is 24.3 Å². The fourth-order valence-corrected chi connectivity index (χ4v) is 3.37. The van der Waals surface area contributed by atoms with Crippen molar-refractivity contribution >= 4 is 11.9 Å². The minimum atomic E-state index is -0.131. The van der Waals surface area contributed by atoms with Crippen molar-refractivity contribution in [3.63, 3.8) is 0 Å². The number of carbonyl (C=O) groups excluding carboxylic acids is 2. The van der Waals surface area contributed by atoms with E-state index in [4.69, 9.17) is 0 Å². The smallest absolute Gasteiger partial charge is 0.317 e. The maximum Gasteiger partial charge on any atom is 0.317 e. The molecule has 5 nitrogen and oxygen atoms in total. The molecule has 0 saturated carbocycles. The van der Waals surface area contributed by atoms with Gasteiger partial charge in [-0.2, -0.15) is 0 Å². The van der Waals surface area contributed by atoms with Gasteiger partial charge in [0.1, 0.15) is 6.54 Å². The molecule has 1 N–H and O–H groups in total. The van der Waals surface area contributed by atoms with Crippen LogP contribution in [0.3, 0.4) is 0 Å². The lowest BCUT2D eigenvalue weighted by Gasteiger charge is -2.36. The number of nitrogens with zero attached hydrogens (tertiary/aromatic N) is 2. The van der Waals surface area contributed by atoms with Gasteiger partial charge in [0.05, 0.1) is 6.04 Å². The Balaban J connectivity index is 2.00. The van der Waals surface area contributed by atoms with Gasteiger partial charge in [-0.1, -0.05) is 44.5 Å². The zero-order valence-corrected chi connectivity index (χ0v) is 15.8. The first-order chi connectivity index (χ1) is 12.1. The maximum absolute atomic E-state index is 12.8. The Morgan fingerprint density at radius 2 is 2.00 bits per heavy atom. The third-order valence-electron chi connectivity index (χ3n) is 4.83. The summed E-state index contributed by atoms with van der Waals surface area (Å²) in [5.41, 5.74) is 2.54. The molecule has 0 saturated heterocycles. The molecule has 1 aliphatic heterocycles. The van der Waals surface area contributed by atoms with Crippen molar-refractivity contribution in [1.82, 2.24) is 15.1 Å². The molecule has 3 amide bonds. The molecule has 0 bridgehead atoms. The summed E-state index contributed by atoms with van der Waals surface area (Å²) in [5, 5.41) is 2.92. The standard InChI is InChI=1S/C20H31N3O2/c1-4-6-12-21-20(25)22(13-5-2)15-19(24)23-14-11-17-9-7-8-10-18(17)16(23)3/h7-10,16H,4-6,11-15H2,1-3H3,(H,21,25). The summed E-state index contributed by atoms with van der Waals surface area (Å²) in [5.74, 6) is 0.0288. The van der Waals surface area contributed by atoms with E-state index in [0.29, 0.717) is 19.6 Å². The van der Waals surface area contributed by atoms with Crippen LogP contribution in [-0.2, 0) is 11.2 Å². The Morgan fingerprint density at radius 3 is 2.72 bits per heavy atom. The number of hydrogen-bond acceptors (Lipinski definition) is 2. The van der Waals surface area contributed by atoms with E-state index in [-0.39, 0.29) is 24.5 Å². The predicted octanol–water partition coefficient (Wildman–Crippen LogP) is 3.35. The molecule has 1 aromatic rings. The van der Waals surface area contributed by atoms with Gasteiger partial charge in [-0.25, -0.2) is 4.79 Å². The topological polar surface area (TPSA) is 52.7 Å². The van der Waals surface area contributed by atoms with Crippen LogP contribution in [0.25, 0.3) is 0 Å². The number of amides is 3. The zero-order valence-electron chi connectivity index (χ0n) is 15.8. The van der Waals surface area contributed by atoms with Gasteiger partial charge in [0, 0.05) is 19.6 Å². The van der Waals surface area contributed by atoms with E-state index in [1.165, 1.54) is 11.1 Å². The van der Waals surface area contributed by atoms with Gasteiger partial charge in [0.15, 0.2) is 0 Å². The van der Waals surface area contributed by atoms with Gasteiger partial charge in [0.25, 0.3) is 0 Å². The molecule has 0 spiro atoms. The number of urea groups is 1. The normalized spacial score (nSPS) is 16.3. The summed E-state index contributed by atoms with van der Waals surface area (Å²) >= 11 is 0. The summed E-state index contributed by atoms with van der Waals surface area (Å²) in [6, 6.07) is 8.23. The summed E-state index contributed by atoms with van der Waals surface area (Å²) in [6.45, 7) is 8.32. The van der Waals surface area contributed by atoms with Crippen LogP contribution in [0, 0.1) is 0 Å². The summed E-state index contributed by atoms with van der Waals surface area (Å²) in [7, 11) is 0. The van der Waals surface area contributed by atoms with E-state index < -0.39 is 0 Å². The second kappa shape index (κ2) is 9.44. The van der Waals surface area contributed by atoms with E-state index in [9.17, 15) is 9.59 Å². The summed E-state index contributed by atoms with van der Waals surface area (Å²) in [6.07, 6.45) is 3.72. The predicted molar refractivity (Wildman–Crippen MR) is 100 cm³/mol. The zero-order chi connectivity index (χ0) is 18.2. The molecule has 25 heavy (non-hydrogen) atoms. The Labute approximate surface area is 151 Å². The van der Waals surface area contributed by atoms with Crippen LogP contribution in [0.5, 0.6) is 0 Å². The first kappa shape index (κ1) is 19.3. The molecule has 0 aromatic heterocycles. The fourth-order valence-electron chi connectivity index (χ4n) is 3.37. The minimum Gasteiger partial charge on any atom is -0.338 e. The second-order valence-corrected chi connectivity index (χ2v) is 6.72. The highest BCUT2D eigenvalue weighted by molar-refractivity contribution is 5.84. The number of benzene rings is 1. The van der Waals surface area contributed by atoms with Crippen LogP contribution >= 0.6 is 0 Å². The van der Waals surface area contributed by atoms with Gasteiger partial charge in [-0.15, -0.1) is 0 Å². The van der Waals surface area contributed by atoms with E-state index in [1.54, 1.807) is 4.90 Å². The van der Waals surface area contributed by atoms with Crippen LogP contribution in [0.2, 0.25) is 0 Å². The lowest BCUT2D eigenvalue weighted by atomic mass is 9.93. The second-order valence-electron chi connectivity index (χ2n) is 6.72. The van der Waals surface area contributed by atoms with Crippen LogP contribution < -0.4 is 5.32 Å². The molecule has 1 unspecified atom stereocenters. The highest BCUT2D eigenvalue weighted by atomic mass is 16.2. The first-order valence-electron chi connectivity index (χ1n) is 9.48. The van der Waals surface area contributed by atoms with E-state index in [1.807, 2.05) is 24.0 Å². The van der Waals surface area contributed by atoms with Gasteiger partial charge >= 0.3 is 6.03 Å². The minimum absolute atomic E-state index is 0.0288. The molecular formula is C20H31N3O2. The average molecular weight is 345 g/mol. The fraction of sp³-hybridized carbons (Fsp3) is 0.600. The lowest BCUT2D eigenvalue weighted by molar-refractivity contribution is -0.134. The van der Waals surface area contributed by atoms with E-state index >= 15 is 0 Å². The number of rotatable bonds is 7. The van der Waals surface area contributed by atoms with Crippen molar-refractivity contribution in [3.8, 4) is 0 Å². The Morgan fingerprint density at radius 1 is 1.24 bits per heavy atom. The van der Waals surface area contributed by atoms with Crippen LogP contribution in [-0.4, -0.2) is 47.9 Å². The van der Waals surface area contributed by atoms with Gasteiger partial charge in [-0.05, 0) is 37.3 Å². The molecule has 0 aliphatic carbocycles. The van der Waals surface area contributed by atoms with Crippen molar-refractivity contribution in [1.29, 1.82) is 0 Å². The molecule has 138 valence electrons. The van der Waals surface area contributed by atoms with Crippen molar-refractivity contribution in [2.75, 3.05) is 26.2 Å². The number of nitrogens with one attached hydrogen (secondary N) is 1. The summed E-state index contributed by atoms with van der Waals surface area (Å²) in [4.78, 5) is 28.7. The molecule has 1 aromatic carbocycles. The molecule has 1 heterocycles. The molecule has 2 rings (SSSR count). The number of hydrogen-bond donors (Lipinski definition) is 1. The first-order valence-corrected chi connectivity index (χ1v) is 9.48. The number of fused-ring (bicyclic) bond motifs is 1. The van der Waals surface area contributed by atoms with Gasteiger partial charge < -0.3 is 15.1 Å². The van der Waals surface area contributed by atoms with Gasteiger partial charge in [-0.3, -0.25) is 4.79 Å². The summed E-state index contributed by atoms with van der Waals surface area (Å²) < 4.78 is 0. The molecular weight excluding hydrogens is 314 g/mol. The molecule has 1 atom stereocenters. The monoisotopic (exact) mass is 345 g/mol. The van der Waals surface area contributed by atoms with Crippen LogP contribution in [0.4, 0.5) is 4.79 Å². The highest BCUT2D eigenvalue weighted by Gasteiger charge is 2.29. The maximum atomic E-state index is 12.8. The van der Waals surface area contributed by atoms with Crippen LogP contribution in [0.1, 0.15) is 57.2 Å². The Hall–Kier alpha value is -2.04. The quantitative estimate of drug-likeness (QED) is 0.771. The Kier molecular flexibility index (Phi) is 7.29. The SMILES string of the molecule is CCCCNC(=O)N(CCC)CC(=O)N1CCc2ccccc2C1C. The average Bonchev–Trinajstić information content (AvgIpc) is 2.62. The van der Waals surface area contributed by atoms with Crippen molar-refractivity contribution < 1.29 is 9.59 Å². The van der Waals surface area contributed by atoms with E-state index in [2.05, 4.69) is 31.3 Å². The number of carbonyl (C=O) groups is 2. The Bertz CT molecular complexity index is 588. The number of unbranched alkanes of at least 4 members (excludes halogenated alkanes) is 1. The third kappa shape index (κ3) is 4.97. The lowest BCUT2D eigenvalue weighted by Crippen LogP contribution is -2.49. The molecule has 5 heteroatoms. The largest absolute Gasteiger partial charge is 0.338 e. The van der Waals surface area contributed by atoms with Gasteiger partial charge in [0.2, 0.25) is 5.91 Å².